The van der Waals surface area contributed by atoms with Crippen molar-refractivity contribution in [3.63, 3.8) is 0 Å². The molecule has 0 aromatic heterocycles. The van der Waals surface area contributed by atoms with Crippen molar-refractivity contribution in [2.45, 2.75) is 25.0 Å². The second-order valence-electron chi connectivity index (χ2n) is 5.02. The molecule has 1 aliphatic heterocycles. The van der Waals surface area contributed by atoms with Crippen molar-refractivity contribution in [2.24, 2.45) is 5.73 Å². The Kier molecular flexibility index (Phi) is 4.84. The van der Waals surface area contributed by atoms with Crippen LogP contribution in [0.1, 0.15) is 23.2 Å². The van der Waals surface area contributed by atoms with E-state index in [4.69, 9.17) is 10.5 Å². The van der Waals surface area contributed by atoms with E-state index >= 15 is 0 Å². The van der Waals surface area contributed by atoms with Crippen molar-refractivity contribution in [2.75, 3.05) is 20.2 Å². The quantitative estimate of drug-likeness (QED) is 0.864. The van der Waals surface area contributed by atoms with Crippen LogP contribution in [-0.2, 0) is 4.74 Å². The third-order valence-corrected chi connectivity index (χ3v) is 3.76. The standard InChI is InChI=1S/C14H17F3N2O2/c1-21-10-2-3-19(9(6-10)7-18)14(20)8-4-11(15)13(17)12(16)5-8/h4-5,9-10H,2-3,6-7,18H2,1H3. The zero-order chi connectivity index (χ0) is 15.6. The van der Waals surface area contributed by atoms with Gasteiger partial charge in [-0.15, -0.1) is 0 Å². The Hall–Kier alpha value is -1.60. The van der Waals surface area contributed by atoms with Crippen LogP contribution in [0.4, 0.5) is 13.2 Å². The van der Waals surface area contributed by atoms with Gasteiger partial charge in [-0.2, -0.15) is 0 Å². The zero-order valence-electron chi connectivity index (χ0n) is 11.6. The molecule has 0 aliphatic carbocycles. The number of piperidine rings is 1. The van der Waals surface area contributed by atoms with E-state index in [1.54, 1.807) is 7.11 Å². The van der Waals surface area contributed by atoms with Gasteiger partial charge < -0.3 is 15.4 Å². The maximum Gasteiger partial charge on any atom is 0.254 e. The molecule has 2 N–H and O–H groups in total. The van der Waals surface area contributed by atoms with Gasteiger partial charge in [0.2, 0.25) is 0 Å². The van der Waals surface area contributed by atoms with Crippen molar-refractivity contribution < 1.29 is 22.7 Å². The molecule has 1 saturated heterocycles. The number of benzene rings is 1. The molecule has 2 atom stereocenters. The number of ether oxygens (including phenoxy) is 1. The van der Waals surface area contributed by atoms with Crippen LogP contribution in [-0.4, -0.2) is 43.2 Å². The van der Waals surface area contributed by atoms with Gasteiger partial charge in [-0.3, -0.25) is 4.79 Å². The summed E-state index contributed by atoms with van der Waals surface area (Å²) >= 11 is 0. The number of likely N-dealkylation sites (tertiary alicyclic amines) is 1. The number of hydrogen-bond acceptors (Lipinski definition) is 3. The molecule has 0 spiro atoms. The number of hydrogen-bond donors (Lipinski definition) is 1. The molecule has 1 amide bonds. The molecule has 0 bridgehead atoms. The molecule has 4 nitrogen and oxygen atoms in total. The van der Waals surface area contributed by atoms with Crippen molar-refractivity contribution in [1.82, 2.24) is 4.90 Å². The summed E-state index contributed by atoms with van der Waals surface area (Å²) in [5.41, 5.74) is 5.43. The Bertz CT molecular complexity index is 516. The van der Waals surface area contributed by atoms with E-state index in [-0.39, 0.29) is 24.3 Å². The number of carbonyl (C=O) groups excluding carboxylic acids is 1. The van der Waals surface area contributed by atoms with Crippen LogP contribution in [0.2, 0.25) is 0 Å². The number of carbonyl (C=O) groups is 1. The topological polar surface area (TPSA) is 55.6 Å². The Labute approximate surface area is 120 Å². The Balaban J connectivity index is 2.23. The van der Waals surface area contributed by atoms with Gasteiger partial charge in [0.15, 0.2) is 17.5 Å². The number of nitrogens with zero attached hydrogens (tertiary/aromatic N) is 1. The lowest BCUT2D eigenvalue weighted by atomic mass is 9.98. The van der Waals surface area contributed by atoms with E-state index in [0.717, 1.165) is 0 Å². The number of nitrogens with two attached hydrogens (primary N) is 1. The normalized spacial score (nSPS) is 22.4. The summed E-state index contributed by atoms with van der Waals surface area (Å²) in [6.45, 7) is 0.595. The highest BCUT2D eigenvalue weighted by molar-refractivity contribution is 5.94. The first-order valence-electron chi connectivity index (χ1n) is 6.66. The number of amides is 1. The summed E-state index contributed by atoms with van der Waals surface area (Å²) in [7, 11) is 1.58. The van der Waals surface area contributed by atoms with Crippen molar-refractivity contribution >= 4 is 5.91 Å². The predicted molar refractivity (Wildman–Crippen MR) is 70.2 cm³/mol. The summed E-state index contributed by atoms with van der Waals surface area (Å²) in [6, 6.07) is 1.14. The van der Waals surface area contributed by atoms with Gasteiger partial charge in [0.25, 0.3) is 5.91 Å². The summed E-state index contributed by atoms with van der Waals surface area (Å²) in [5.74, 6) is -4.90. The van der Waals surface area contributed by atoms with E-state index in [1.807, 2.05) is 0 Å². The van der Waals surface area contributed by atoms with Gasteiger partial charge >= 0.3 is 0 Å². The van der Waals surface area contributed by atoms with Gasteiger partial charge in [-0.1, -0.05) is 0 Å². The maximum absolute atomic E-state index is 13.2. The van der Waals surface area contributed by atoms with Crippen LogP contribution in [0.15, 0.2) is 12.1 Å². The van der Waals surface area contributed by atoms with Crippen LogP contribution in [0, 0.1) is 17.5 Å². The molecule has 116 valence electrons. The van der Waals surface area contributed by atoms with Gasteiger partial charge in [0.1, 0.15) is 0 Å². The molecule has 1 heterocycles. The van der Waals surface area contributed by atoms with Gasteiger partial charge in [-0.25, -0.2) is 13.2 Å². The Morgan fingerprint density at radius 3 is 2.52 bits per heavy atom. The number of halogens is 3. The molecule has 1 fully saturated rings. The predicted octanol–water partition coefficient (Wildman–Crippen LogP) is 1.68. The molecule has 1 aromatic carbocycles. The summed E-state index contributed by atoms with van der Waals surface area (Å²) in [5, 5.41) is 0. The second kappa shape index (κ2) is 6.44. The zero-order valence-corrected chi connectivity index (χ0v) is 11.6. The van der Waals surface area contributed by atoms with Crippen molar-refractivity contribution in [1.29, 1.82) is 0 Å². The molecule has 21 heavy (non-hydrogen) atoms. The fourth-order valence-corrected chi connectivity index (χ4v) is 2.56. The lowest BCUT2D eigenvalue weighted by Gasteiger charge is -2.38. The Morgan fingerprint density at radius 2 is 2.00 bits per heavy atom. The Morgan fingerprint density at radius 1 is 1.38 bits per heavy atom. The van der Waals surface area contributed by atoms with E-state index < -0.39 is 23.4 Å². The first-order valence-corrected chi connectivity index (χ1v) is 6.66. The first kappa shape index (κ1) is 15.8. The van der Waals surface area contributed by atoms with Gasteiger partial charge in [0, 0.05) is 31.8 Å². The smallest absolute Gasteiger partial charge is 0.254 e. The van der Waals surface area contributed by atoms with E-state index in [9.17, 15) is 18.0 Å². The van der Waals surface area contributed by atoms with Gasteiger partial charge in [0.05, 0.1) is 6.10 Å². The molecular weight excluding hydrogens is 285 g/mol. The monoisotopic (exact) mass is 302 g/mol. The number of methoxy groups -OCH3 is 1. The molecule has 0 radical (unpaired) electrons. The van der Waals surface area contributed by atoms with Crippen LogP contribution >= 0.6 is 0 Å². The third kappa shape index (κ3) is 3.19. The fourth-order valence-electron chi connectivity index (χ4n) is 2.56. The number of rotatable bonds is 3. The van der Waals surface area contributed by atoms with Crippen LogP contribution in [0.5, 0.6) is 0 Å². The lowest BCUT2D eigenvalue weighted by molar-refractivity contribution is 0.0138. The second-order valence-corrected chi connectivity index (χ2v) is 5.02. The molecule has 1 aromatic rings. The summed E-state index contributed by atoms with van der Waals surface area (Å²) in [4.78, 5) is 13.8. The summed E-state index contributed by atoms with van der Waals surface area (Å²) in [6.07, 6.45) is 1.18. The highest BCUT2D eigenvalue weighted by Crippen LogP contribution is 2.22. The highest BCUT2D eigenvalue weighted by atomic mass is 19.2. The minimum Gasteiger partial charge on any atom is -0.381 e. The third-order valence-electron chi connectivity index (χ3n) is 3.76. The highest BCUT2D eigenvalue weighted by Gasteiger charge is 2.32. The largest absolute Gasteiger partial charge is 0.381 e. The van der Waals surface area contributed by atoms with E-state index in [0.29, 0.717) is 31.5 Å². The minimum atomic E-state index is -1.58. The molecule has 0 saturated carbocycles. The SMILES string of the molecule is COC1CCN(C(=O)c2cc(F)c(F)c(F)c2)C(CN)C1. The van der Waals surface area contributed by atoms with E-state index in [2.05, 4.69) is 0 Å². The van der Waals surface area contributed by atoms with Crippen LogP contribution < -0.4 is 5.73 Å². The summed E-state index contributed by atoms with van der Waals surface area (Å²) < 4.78 is 44.7. The van der Waals surface area contributed by atoms with Crippen molar-refractivity contribution in [3.05, 3.63) is 35.1 Å². The molecule has 1 aliphatic rings. The average Bonchev–Trinajstić information content (AvgIpc) is 2.50. The molecular formula is C14H17F3N2O2. The first-order chi connectivity index (χ1) is 9.97. The van der Waals surface area contributed by atoms with E-state index in [1.165, 1.54) is 4.90 Å². The van der Waals surface area contributed by atoms with Crippen LogP contribution in [0.25, 0.3) is 0 Å². The fraction of sp³-hybridized carbons (Fsp3) is 0.500. The lowest BCUT2D eigenvalue weighted by Crippen LogP contribution is -2.51. The van der Waals surface area contributed by atoms with Crippen LogP contribution in [0.3, 0.4) is 0 Å². The molecule has 2 unspecified atom stereocenters. The average molecular weight is 302 g/mol. The molecule has 2 rings (SSSR count). The maximum atomic E-state index is 13.2. The minimum absolute atomic E-state index is 0.00397. The van der Waals surface area contributed by atoms with Crippen molar-refractivity contribution in [3.8, 4) is 0 Å². The molecule has 7 heteroatoms. The van der Waals surface area contributed by atoms with Gasteiger partial charge in [-0.05, 0) is 25.0 Å².